The van der Waals surface area contributed by atoms with E-state index < -0.39 is 0 Å². The first kappa shape index (κ1) is 11.4. The fourth-order valence-electron chi connectivity index (χ4n) is 1.25. The molecule has 0 atom stereocenters. The zero-order chi connectivity index (χ0) is 9.40. The Morgan fingerprint density at radius 1 is 1.17 bits per heavy atom. The Hall–Kier alpha value is -0.570. The second-order valence-electron chi connectivity index (χ2n) is 3.12. The summed E-state index contributed by atoms with van der Waals surface area (Å²) < 4.78 is 0. The smallest absolute Gasteiger partial charge is 0.0918 e. The van der Waals surface area contributed by atoms with Crippen molar-refractivity contribution in [2.45, 2.75) is 33.1 Å². The van der Waals surface area contributed by atoms with Crippen LogP contribution in [-0.2, 0) is 0 Å². The number of nitrogens with two attached hydrogens (primary N) is 1. The third-order valence-corrected chi connectivity index (χ3v) is 1.78. The van der Waals surface area contributed by atoms with E-state index in [9.17, 15) is 0 Å². The molecule has 0 unspecified atom stereocenters. The van der Waals surface area contributed by atoms with Crippen LogP contribution in [0.4, 0.5) is 0 Å². The Balaban J connectivity index is 3.54. The van der Waals surface area contributed by atoms with Crippen molar-refractivity contribution in [1.82, 2.24) is 4.90 Å². The summed E-state index contributed by atoms with van der Waals surface area (Å²) in [5.74, 6) is 0.298. The second kappa shape index (κ2) is 7.10. The molecule has 0 saturated heterocycles. The summed E-state index contributed by atoms with van der Waals surface area (Å²) >= 11 is 0. The van der Waals surface area contributed by atoms with Crippen LogP contribution in [0.25, 0.3) is 0 Å². The Morgan fingerprint density at radius 2 is 1.67 bits per heavy atom. The van der Waals surface area contributed by atoms with Crippen LogP contribution in [0.5, 0.6) is 0 Å². The molecule has 0 heterocycles. The lowest BCUT2D eigenvalue weighted by Crippen LogP contribution is -2.29. The van der Waals surface area contributed by atoms with Crippen LogP contribution >= 0.6 is 0 Å². The zero-order valence-corrected chi connectivity index (χ0v) is 8.27. The monoisotopic (exact) mass is 171 g/mol. The van der Waals surface area contributed by atoms with Crippen LogP contribution in [0.2, 0.25) is 0 Å². The molecule has 0 aromatic carbocycles. The number of hydrogen-bond acceptors (Lipinski definition) is 2. The number of rotatable bonds is 7. The number of amidine groups is 1. The average Bonchev–Trinajstić information content (AvgIpc) is 2.01. The highest BCUT2D eigenvalue weighted by molar-refractivity contribution is 5.76. The maximum atomic E-state index is 7.10. The molecule has 72 valence electrons. The highest BCUT2D eigenvalue weighted by atomic mass is 15.1. The summed E-state index contributed by atoms with van der Waals surface area (Å²) in [7, 11) is 0. The Labute approximate surface area is 75.4 Å². The molecular weight excluding hydrogens is 150 g/mol. The Bertz CT molecular complexity index is 117. The van der Waals surface area contributed by atoms with Gasteiger partial charge in [0.2, 0.25) is 0 Å². The van der Waals surface area contributed by atoms with Crippen molar-refractivity contribution >= 4 is 5.84 Å². The van der Waals surface area contributed by atoms with Crippen molar-refractivity contribution in [3.63, 3.8) is 0 Å². The van der Waals surface area contributed by atoms with E-state index in [0.717, 1.165) is 19.6 Å². The molecule has 3 heteroatoms. The van der Waals surface area contributed by atoms with E-state index in [1.54, 1.807) is 0 Å². The van der Waals surface area contributed by atoms with Gasteiger partial charge in [0.15, 0.2) is 0 Å². The summed E-state index contributed by atoms with van der Waals surface area (Å²) in [5, 5.41) is 7.10. The molecule has 0 aliphatic carbocycles. The van der Waals surface area contributed by atoms with Gasteiger partial charge in [-0.15, -0.1) is 0 Å². The number of nitrogens with one attached hydrogen (secondary N) is 1. The SMILES string of the molecule is CCCN(CCC)CCC(=N)N. The van der Waals surface area contributed by atoms with Crippen molar-refractivity contribution in [2.75, 3.05) is 19.6 Å². The van der Waals surface area contributed by atoms with E-state index in [1.807, 2.05) is 0 Å². The number of nitrogens with zero attached hydrogens (tertiary/aromatic N) is 1. The molecule has 0 amide bonds. The number of hydrogen-bond donors (Lipinski definition) is 2. The van der Waals surface area contributed by atoms with Gasteiger partial charge in [-0.3, -0.25) is 5.41 Å². The third kappa shape index (κ3) is 6.16. The molecule has 0 aromatic rings. The summed E-state index contributed by atoms with van der Waals surface area (Å²) in [4.78, 5) is 2.36. The van der Waals surface area contributed by atoms with Gasteiger partial charge in [0.25, 0.3) is 0 Å². The quantitative estimate of drug-likeness (QED) is 0.450. The normalized spacial score (nSPS) is 10.6. The van der Waals surface area contributed by atoms with Crippen LogP contribution in [0, 0.1) is 5.41 Å². The van der Waals surface area contributed by atoms with Gasteiger partial charge in [-0.25, -0.2) is 0 Å². The fraction of sp³-hybridized carbons (Fsp3) is 0.889. The summed E-state index contributed by atoms with van der Waals surface area (Å²) in [6, 6.07) is 0. The van der Waals surface area contributed by atoms with Crippen LogP contribution < -0.4 is 5.73 Å². The molecule has 0 radical (unpaired) electrons. The van der Waals surface area contributed by atoms with Gasteiger partial charge in [-0.05, 0) is 25.9 Å². The van der Waals surface area contributed by atoms with Crippen molar-refractivity contribution in [2.24, 2.45) is 5.73 Å². The standard InChI is InChI=1S/C9H21N3/c1-3-6-12(7-4-2)8-5-9(10)11/h3-8H2,1-2H3,(H3,10,11). The van der Waals surface area contributed by atoms with Crippen LogP contribution in [0.1, 0.15) is 33.1 Å². The van der Waals surface area contributed by atoms with Gasteiger partial charge in [0, 0.05) is 13.0 Å². The molecular formula is C9H21N3. The maximum absolute atomic E-state index is 7.10. The fourth-order valence-corrected chi connectivity index (χ4v) is 1.25. The lowest BCUT2D eigenvalue weighted by Gasteiger charge is -2.20. The topological polar surface area (TPSA) is 53.1 Å². The Morgan fingerprint density at radius 3 is 2.00 bits per heavy atom. The molecule has 0 fully saturated rings. The highest BCUT2D eigenvalue weighted by Gasteiger charge is 2.01. The molecule has 0 aliphatic rings. The van der Waals surface area contributed by atoms with Gasteiger partial charge in [0.05, 0.1) is 5.84 Å². The van der Waals surface area contributed by atoms with Crippen molar-refractivity contribution in [1.29, 1.82) is 5.41 Å². The lowest BCUT2D eigenvalue weighted by molar-refractivity contribution is 0.282. The van der Waals surface area contributed by atoms with Gasteiger partial charge < -0.3 is 10.6 Å². The van der Waals surface area contributed by atoms with Gasteiger partial charge >= 0.3 is 0 Å². The Kier molecular flexibility index (Phi) is 6.76. The highest BCUT2D eigenvalue weighted by Crippen LogP contribution is 1.95. The molecule has 0 aliphatic heterocycles. The molecule has 3 N–H and O–H groups in total. The van der Waals surface area contributed by atoms with Crippen LogP contribution in [0.3, 0.4) is 0 Å². The molecule has 0 saturated carbocycles. The summed E-state index contributed by atoms with van der Waals surface area (Å²) in [6.45, 7) is 7.55. The molecule has 0 spiro atoms. The first-order valence-electron chi connectivity index (χ1n) is 4.76. The lowest BCUT2D eigenvalue weighted by atomic mass is 10.3. The van der Waals surface area contributed by atoms with Gasteiger partial charge in [0.1, 0.15) is 0 Å². The average molecular weight is 171 g/mol. The molecule has 0 rings (SSSR count). The van der Waals surface area contributed by atoms with Crippen molar-refractivity contribution in [3.8, 4) is 0 Å². The van der Waals surface area contributed by atoms with Gasteiger partial charge in [-0.1, -0.05) is 13.8 Å². The first-order chi connectivity index (χ1) is 5.70. The van der Waals surface area contributed by atoms with E-state index in [1.165, 1.54) is 12.8 Å². The largest absolute Gasteiger partial charge is 0.388 e. The van der Waals surface area contributed by atoms with E-state index in [2.05, 4.69) is 18.7 Å². The molecule has 0 bridgehead atoms. The van der Waals surface area contributed by atoms with E-state index in [-0.39, 0.29) is 0 Å². The van der Waals surface area contributed by atoms with Crippen LogP contribution in [-0.4, -0.2) is 30.4 Å². The zero-order valence-electron chi connectivity index (χ0n) is 8.27. The maximum Gasteiger partial charge on any atom is 0.0918 e. The van der Waals surface area contributed by atoms with E-state index in [4.69, 9.17) is 11.1 Å². The van der Waals surface area contributed by atoms with E-state index >= 15 is 0 Å². The predicted molar refractivity (Wildman–Crippen MR) is 53.6 cm³/mol. The minimum absolute atomic E-state index is 0.298. The molecule has 3 nitrogen and oxygen atoms in total. The third-order valence-electron chi connectivity index (χ3n) is 1.78. The minimum Gasteiger partial charge on any atom is -0.388 e. The van der Waals surface area contributed by atoms with E-state index in [0.29, 0.717) is 12.3 Å². The first-order valence-corrected chi connectivity index (χ1v) is 4.76. The molecule has 0 aromatic heterocycles. The van der Waals surface area contributed by atoms with Crippen molar-refractivity contribution < 1.29 is 0 Å². The second-order valence-corrected chi connectivity index (χ2v) is 3.12. The van der Waals surface area contributed by atoms with Gasteiger partial charge in [-0.2, -0.15) is 0 Å². The summed E-state index contributed by atoms with van der Waals surface area (Å²) in [6.07, 6.45) is 3.07. The molecule has 12 heavy (non-hydrogen) atoms. The van der Waals surface area contributed by atoms with Crippen LogP contribution in [0.15, 0.2) is 0 Å². The summed E-state index contributed by atoms with van der Waals surface area (Å²) in [5.41, 5.74) is 5.29. The van der Waals surface area contributed by atoms with Crippen molar-refractivity contribution in [3.05, 3.63) is 0 Å². The predicted octanol–water partition coefficient (Wildman–Crippen LogP) is 1.43. The minimum atomic E-state index is 0.298.